The zero-order valence-corrected chi connectivity index (χ0v) is 24.2. The number of aliphatic carboxylic acids is 1. The van der Waals surface area contributed by atoms with Crippen LogP contribution in [0.3, 0.4) is 0 Å². The molecule has 222 valence electrons. The third-order valence-electron chi connectivity index (χ3n) is 7.31. The number of amides is 2. The fourth-order valence-corrected chi connectivity index (χ4v) is 5.89. The Labute approximate surface area is 250 Å². The summed E-state index contributed by atoms with van der Waals surface area (Å²) in [5.41, 5.74) is 3.03. The Morgan fingerprint density at radius 3 is 2.63 bits per heavy atom. The molecule has 1 aliphatic heterocycles. The van der Waals surface area contributed by atoms with E-state index in [9.17, 15) is 23.9 Å². The number of carbonyl (C=O) groups excluding carboxylic acids is 2. The average molecular weight is 607 g/mol. The van der Waals surface area contributed by atoms with Gasteiger partial charge in [-0.3, -0.25) is 24.2 Å². The van der Waals surface area contributed by atoms with Gasteiger partial charge in [-0.05, 0) is 53.8 Å². The number of ether oxygens (including phenoxy) is 1. The molecular weight excluding hydrogens is 578 g/mol. The van der Waals surface area contributed by atoms with E-state index in [1.165, 1.54) is 22.9 Å². The number of thiazole rings is 1. The van der Waals surface area contributed by atoms with Crippen LogP contribution in [-0.4, -0.2) is 53.8 Å². The van der Waals surface area contributed by atoms with Crippen LogP contribution < -0.4 is 14.5 Å². The fraction of sp³-hybridized carbons (Fsp3) is 0.258. The highest BCUT2D eigenvalue weighted by Gasteiger charge is 2.29. The molecule has 0 bridgehead atoms. The minimum absolute atomic E-state index is 0.0346. The zero-order valence-electron chi connectivity index (χ0n) is 23.4. The third-order valence-corrected chi connectivity index (χ3v) is 8.23. The van der Waals surface area contributed by atoms with E-state index in [1.54, 1.807) is 37.5 Å². The van der Waals surface area contributed by atoms with Crippen LogP contribution in [0.25, 0.3) is 22.4 Å². The first-order chi connectivity index (χ1) is 20.7. The quantitative estimate of drug-likeness (QED) is 0.253. The van der Waals surface area contributed by atoms with Gasteiger partial charge in [0.1, 0.15) is 17.3 Å². The molecule has 1 aliphatic rings. The molecule has 1 unspecified atom stereocenters. The Kier molecular flexibility index (Phi) is 8.76. The maximum absolute atomic E-state index is 15.6. The molecule has 12 heteroatoms. The predicted molar refractivity (Wildman–Crippen MR) is 158 cm³/mol. The number of benzene rings is 2. The molecule has 1 N–H and O–H groups in total. The molecule has 43 heavy (non-hydrogen) atoms. The highest BCUT2D eigenvalue weighted by molar-refractivity contribution is 7.14. The van der Waals surface area contributed by atoms with Crippen molar-refractivity contribution < 1.29 is 33.0 Å². The van der Waals surface area contributed by atoms with E-state index in [2.05, 4.69) is 9.97 Å². The molecule has 2 amide bonds. The Morgan fingerprint density at radius 2 is 1.91 bits per heavy atom. The molecule has 0 saturated carbocycles. The smallest absolute Gasteiger partial charge is 0.304 e. The monoisotopic (exact) mass is 606 g/mol. The fourth-order valence-electron chi connectivity index (χ4n) is 5.11. The van der Waals surface area contributed by atoms with E-state index in [-0.39, 0.29) is 28.9 Å². The Morgan fingerprint density at radius 1 is 1.14 bits per heavy atom. The number of carbonyl (C=O) groups is 3. The van der Waals surface area contributed by atoms with Crippen molar-refractivity contribution in [2.24, 2.45) is 5.92 Å². The largest absolute Gasteiger partial charge is 0.481 e. The molecule has 0 spiro atoms. The van der Waals surface area contributed by atoms with Crippen molar-refractivity contribution in [3.05, 3.63) is 77.1 Å². The standard InChI is InChI=1S/C31H28F2N4O5S/c1-36-25(38)11-8-19-13-21(16-34-29(19)36)23-10-9-22(42-17-32)15-24(23)27-28(33)43-31(35-27)37(2)30(41)20(14-26(39)40)12-18-6-4-3-5-7-18/h3-7,9-10,13,15-16,20H,8,11-12,14,17H2,1-2H3,(H,39,40). The van der Waals surface area contributed by atoms with Crippen molar-refractivity contribution in [2.75, 3.05) is 30.8 Å². The number of anilines is 2. The average Bonchev–Trinajstić information content (AvgIpc) is 3.39. The summed E-state index contributed by atoms with van der Waals surface area (Å²) in [5, 5.41) is 8.81. The van der Waals surface area contributed by atoms with Crippen LogP contribution in [-0.2, 0) is 27.2 Å². The van der Waals surface area contributed by atoms with Crippen LogP contribution in [0.1, 0.15) is 24.0 Å². The molecule has 1 atom stereocenters. The summed E-state index contributed by atoms with van der Waals surface area (Å²) in [7, 11) is 3.09. The SMILES string of the molecule is CN(C(=O)C(CC(=O)O)Cc1ccccc1)c1nc(-c2cc(OCF)ccc2-c2cnc3c(c2)CCC(=O)N3C)c(F)s1. The molecule has 4 aromatic rings. The number of halogens is 2. The summed E-state index contributed by atoms with van der Waals surface area (Å²) < 4.78 is 33.7. The lowest BCUT2D eigenvalue weighted by Crippen LogP contribution is -2.35. The van der Waals surface area contributed by atoms with Gasteiger partial charge in [0.15, 0.2) is 5.13 Å². The predicted octanol–water partition coefficient (Wildman–Crippen LogP) is 5.52. The number of rotatable bonds is 10. The summed E-state index contributed by atoms with van der Waals surface area (Å²) >= 11 is 0.640. The molecule has 5 rings (SSSR count). The van der Waals surface area contributed by atoms with Gasteiger partial charge < -0.3 is 9.84 Å². The van der Waals surface area contributed by atoms with Crippen LogP contribution in [0.15, 0.2) is 60.8 Å². The van der Waals surface area contributed by atoms with Crippen molar-refractivity contribution >= 4 is 40.1 Å². The molecule has 0 fully saturated rings. The Balaban J connectivity index is 1.51. The molecule has 0 saturated heterocycles. The zero-order chi connectivity index (χ0) is 30.7. The van der Waals surface area contributed by atoms with Gasteiger partial charge >= 0.3 is 5.97 Å². The van der Waals surface area contributed by atoms with E-state index in [0.29, 0.717) is 46.7 Å². The number of carboxylic acid groups (broad SMARTS) is 1. The highest BCUT2D eigenvalue weighted by atomic mass is 32.1. The molecule has 9 nitrogen and oxygen atoms in total. The number of carboxylic acids is 1. The van der Waals surface area contributed by atoms with Crippen molar-refractivity contribution in [3.63, 3.8) is 0 Å². The van der Waals surface area contributed by atoms with Crippen LogP contribution in [0, 0.1) is 11.0 Å². The van der Waals surface area contributed by atoms with Gasteiger partial charge in [-0.2, -0.15) is 4.39 Å². The van der Waals surface area contributed by atoms with E-state index in [0.717, 1.165) is 11.1 Å². The third kappa shape index (κ3) is 6.38. The summed E-state index contributed by atoms with van der Waals surface area (Å²) in [6, 6.07) is 15.6. The summed E-state index contributed by atoms with van der Waals surface area (Å²) in [4.78, 5) is 48.7. The molecule has 3 heterocycles. The molecular formula is C31H28F2N4O5S. The number of alkyl halides is 1. The van der Waals surface area contributed by atoms with Crippen molar-refractivity contribution in [3.8, 4) is 28.1 Å². The van der Waals surface area contributed by atoms with E-state index >= 15 is 4.39 Å². The van der Waals surface area contributed by atoms with Gasteiger partial charge in [0.25, 0.3) is 0 Å². The van der Waals surface area contributed by atoms with Crippen molar-refractivity contribution in [1.82, 2.24) is 9.97 Å². The first-order valence-corrected chi connectivity index (χ1v) is 14.3. The van der Waals surface area contributed by atoms with Crippen LogP contribution in [0.5, 0.6) is 5.75 Å². The molecule has 2 aromatic carbocycles. The first kappa shape index (κ1) is 29.8. The minimum atomic E-state index is -1.13. The number of nitrogens with zero attached hydrogens (tertiary/aromatic N) is 4. The van der Waals surface area contributed by atoms with Gasteiger partial charge in [0.2, 0.25) is 23.8 Å². The minimum Gasteiger partial charge on any atom is -0.481 e. The van der Waals surface area contributed by atoms with Crippen LogP contribution >= 0.6 is 11.3 Å². The maximum atomic E-state index is 15.6. The lowest BCUT2D eigenvalue weighted by Gasteiger charge is -2.25. The number of pyridine rings is 1. The summed E-state index contributed by atoms with van der Waals surface area (Å²) in [6.07, 6.45) is 2.19. The van der Waals surface area contributed by atoms with Gasteiger partial charge in [0, 0.05) is 37.8 Å². The topological polar surface area (TPSA) is 113 Å². The van der Waals surface area contributed by atoms with E-state index < -0.39 is 36.2 Å². The lowest BCUT2D eigenvalue weighted by atomic mass is 9.95. The molecule has 0 radical (unpaired) electrons. The second kappa shape index (κ2) is 12.7. The number of hydrogen-bond donors (Lipinski definition) is 1. The first-order valence-electron chi connectivity index (χ1n) is 13.4. The highest BCUT2D eigenvalue weighted by Crippen LogP contribution is 2.40. The van der Waals surface area contributed by atoms with Gasteiger partial charge in [-0.1, -0.05) is 41.7 Å². The van der Waals surface area contributed by atoms with Crippen LogP contribution in [0.2, 0.25) is 0 Å². The summed E-state index contributed by atoms with van der Waals surface area (Å²) in [6.45, 7) is -1.09. The van der Waals surface area contributed by atoms with Gasteiger partial charge in [-0.25, -0.2) is 14.4 Å². The Hall–Kier alpha value is -4.71. The van der Waals surface area contributed by atoms with E-state index in [4.69, 9.17) is 4.74 Å². The second-order valence-electron chi connectivity index (χ2n) is 10.1. The van der Waals surface area contributed by atoms with Gasteiger partial charge in [-0.15, -0.1) is 0 Å². The maximum Gasteiger partial charge on any atom is 0.304 e. The molecule has 0 aliphatic carbocycles. The number of fused-ring (bicyclic) bond motifs is 1. The number of hydrogen-bond acceptors (Lipinski definition) is 7. The second-order valence-corrected chi connectivity index (χ2v) is 11.0. The lowest BCUT2D eigenvalue weighted by molar-refractivity contribution is -0.140. The van der Waals surface area contributed by atoms with Crippen molar-refractivity contribution in [2.45, 2.75) is 25.7 Å². The number of aromatic nitrogens is 2. The van der Waals surface area contributed by atoms with Crippen LogP contribution in [0.4, 0.5) is 19.7 Å². The molecule has 2 aromatic heterocycles. The number of aryl methyl sites for hydroxylation is 1. The van der Waals surface area contributed by atoms with Crippen molar-refractivity contribution in [1.29, 1.82) is 0 Å². The normalized spacial score (nSPS) is 13.4. The summed E-state index contributed by atoms with van der Waals surface area (Å²) in [5.74, 6) is -1.88. The van der Waals surface area contributed by atoms with Gasteiger partial charge in [0.05, 0.1) is 12.3 Å². The Bertz CT molecular complexity index is 1680. The van der Waals surface area contributed by atoms with E-state index in [1.807, 2.05) is 24.3 Å².